The van der Waals surface area contributed by atoms with E-state index in [1.165, 1.54) is 5.39 Å². The zero-order valence-corrected chi connectivity index (χ0v) is 13.5. The summed E-state index contributed by atoms with van der Waals surface area (Å²) in [6, 6.07) is 14.3. The number of amides is 1. The highest BCUT2D eigenvalue weighted by molar-refractivity contribution is 6.03. The number of aromatic amines is 1. The second kappa shape index (κ2) is 5.92. The van der Waals surface area contributed by atoms with Crippen LogP contribution in [0.2, 0.25) is 0 Å². The predicted molar refractivity (Wildman–Crippen MR) is 94.2 cm³/mol. The average Bonchev–Trinajstić information content (AvgIpc) is 3.22. The van der Waals surface area contributed by atoms with Gasteiger partial charge in [-0.2, -0.15) is 10.2 Å². The van der Waals surface area contributed by atoms with Crippen molar-refractivity contribution in [2.45, 2.75) is 26.2 Å². The lowest BCUT2D eigenvalue weighted by molar-refractivity contribution is 0.0949. The number of nitrogens with one attached hydrogen (secondary N) is 2. The zero-order chi connectivity index (χ0) is 16.5. The van der Waals surface area contributed by atoms with E-state index < -0.39 is 0 Å². The molecule has 3 aromatic rings. The Labute approximate surface area is 139 Å². The van der Waals surface area contributed by atoms with Crippen LogP contribution in [0, 0.1) is 0 Å². The van der Waals surface area contributed by atoms with E-state index in [2.05, 4.69) is 45.0 Å². The van der Waals surface area contributed by atoms with Gasteiger partial charge in [-0.15, -0.1) is 0 Å². The van der Waals surface area contributed by atoms with Crippen LogP contribution in [-0.4, -0.2) is 21.8 Å². The molecule has 0 spiro atoms. The lowest BCUT2D eigenvalue weighted by atomic mass is 10.0. The molecule has 2 aromatic carbocycles. The Hall–Kier alpha value is -2.95. The molecule has 0 saturated carbocycles. The largest absolute Gasteiger partial charge is 0.292 e. The van der Waals surface area contributed by atoms with Crippen molar-refractivity contribution in [1.82, 2.24) is 15.6 Å². The highest BCUT2D eigenvalue weighted by Gasteiger charge is 2.22. The lowest BCUT2D eigenvalue weighted by Crippen LogP contribution is -2.21. The third-order valence-corrected chi connectivity index (χ3v) is 4.51. The molecule has 5 nitrogen and oxygen atoms in total. The molecule has 0 radical (unpaired) electrons. The van der Waals surface area contributed by atoms with E-state index in [9.17, 15) is 4.79 Å². The standard InChI is InChI=1S/C19H18N4O/c1-12(14-10-9-13-5-2-3-6-15(13)11-14)20-23-19(24)18-16-7-4-8-17(16)21-22-18/h2-3,5-6,9-11H,4,7-8H2,1H3,(H,21,22)(H,23,24). The molecule has 1 amide bonds. The molecule has 0 aliphatic heterocycles. The van der Waals surface area contributed by atoms with E-state index in [1.54, 1.807) is 0 Å². The fourth-order valence-corrected chi connectivity index (χ4v) is 3.17. The number of fused-ring (bicyclic) bond motifs is 2. The number of hydrogen-bond acceptors (Lipinski definition) is 3. The third kappa shape index (κ3) is 2.58. The minimum Gasteiger partial charge on any atom is -0.281 e. The summed E-state index contributed by atoms with van der Waals surface area (Å²) in [5.41, 5.74) is 6.96. The van der Waals surface area contributed by atoms with Crippen LogP contribution in [0.4, 0.5) is 0 Å². The summed E-state index contributed by atoms with van der Waals surface area (Å²) >= 11 is 0. The van der Waals surface area contributed by atoms with Crippen molar-refractivity contribution < 1.29 is 4.79 Å². The number of hydrogen-bond donors (Lipinski definition) is 2. The number of carbonyl (C=O) groups excluding carboxylic acids is 1. The molecule has 5 heteroatoms. The Balaban J connectivity index is 1.54. The minimum atomic E-state index is -0.255. The van der Waals surface area contributed by atoms with Gasteiger partial charge >= 0.3 is 0 Å². The first-order valence-corrected chi connectivity index (χ1v) is 8.12. The van der Waals surface area contributed by atoms with Gasteiger partial charge in [-0.1, -0.05) is 36.4 Å². The van der Waals surface area contributed by atoms with Crippen LogP contribution in [0.15, 0.2) is 47.6 Å². The van der Waals surface area contributed by atoms with E-state index in [0.29, 0.717) is 5.69 Å². The van der Waals surface area contributed by atoms with Gasteiger partial charge in [-0.25, -0.2) is 5.43 Å². The van der Waals surface area contributed by atoms with Gasteiger partial charge in [0.1, 0.15) is 0 Å². The molecule has 120 valence electrons. The van der Waals surface area contributed by atoms with Crippen LogP contribution >= 0.6 is 0 Å². The van der Waals surface area contributed by atoms with E-state index in [4.69, 9.17) is 0 Å². The predicted octanol–water partition coefficient (Wildman–Crippen LogP) is 3.21. The molecule has 0 bridgehead atoms. The number of hydrazone groups is 1. The van der Waals surface area contributed by atoms with Crippen molar-refractivity contribution >= 4 is 22.4 Å². The molecule has 2 N–H and O–H groups in total. The van der Waals surface area contributed by atoms with Gasteiger partial charge in [-0.3, -0.25) is 9.89 Å². The van der Waals surface area contributed by atoms with E-state index in [1.807, 2.05) is 25.1 Å². The maximum atomic E-state index is 12.3. The molecule has 1 aliphatic carbocycles. The summed E-state index contributed by atoms with van der Waals surface area (Å²) < 4.78 is 0. The zero-order valence-electron chi connectivity index (χ0n) is 13.5. The second-order valence-electron chi connectivity index (χ2n) is 6.08. The van der Waals surface area contributed by atoms with Crippen LogP contribution in [0.1, 0.15) is 40.7 Å². The van der Waals surface area contributed by atoms with Crippen LogP contribution in [0.3, 0.4) is 0 Å². The summed E-state index contributed by atoms with van der Waals surface area (Å²) in [6.45, 7) is 1.89. The number of rotatable bonds is 3. The van der Waals surface area contributed by atoms with Crippen molar-refractivity contribution in [3.05, 3.63) is 65.0 Å². The monoisotopic (exact) mass is 318 g/mol. The molecule has 0 fully saturated rings. The van der Waals surface area contributed by atoms with Crippen molar-refractivity contribution in [3.63, 3.8) is 0 Å². The topological polar surface area (TPSA) is 70.1 Å². The number of benzene rings is 2. The third-order valence-electron chi connectivity index (χ3n) is 4.51. The molecule has 0 unspecified atom stereocenters. The lowest BCUT2D eigenvalue weighted by Gasteiger charge is -2.04. The van der Waals surface area contributed by atoms with Crippen molar-refractivity contribution in [2.75, 3.05) is 0 Å². The van der Waals surface area contributed by atoms with Gasteiger partial charge in [0.25, 0.3) is 5.91 Å². The minimum absolute atomic E-state index is 0.255. The maximum absolute atomic E-state index is 12.3. The Morgan fingerprint density at radius 3 is 2.88 bits per heavy atom. The van der Waals surface area contributed by atoms with Crippen LogP contribution < -0.4 is 5.43 Å². The Morgan fingerprint density at radius 1 is 1.17 bits per heavy atom. The molecular weight excluding hydrogens is 300 g/mol. The summed E-state index contributed by atoms with van der Waals surface area (Å²) in [5, 5.41) is 13.7. The van der Waals surface area contributed by atoms with Crippen LogP contribution in [0.5, 0.6) is 0 Å². The number of carbonyl (C=O) groups is 1. The number of aromatic nitrogens is 2. The summed E-state index contributed by atoms with van der Waals surface area (Å²) in [5.74, 6) is -0.255. The summed E-state index contributed by atoms with van der Waals surface area (Å²) in [4.78, 5) is 12.3. The second-order valence-corrected chi connectivity index (χ2v) is 6.08. The van der Waals surface area contributed by atoms with E-state index >= 15 is 0 Å². The van der Waals surface area contributed by atoms with Gasteiger partial charge in [-0.05, 0) is 48.6 Å². The Morgan fingerprint density at radius 2 is 2.00 bits per heavy atom. The molecular formula is C19H18N4O. The van der Waals surface area contributed by atoms with Gasteiger partial charge in [0.2, 0.25) is 0 Å². The van der Waals surface area contributed by atoms with E-state index in [-0.39, 0.29) is 5.91 Å². The first kappa shape index (κ1) is 14.6. The van der Waals surface area contributed by atoms with Crippen LogP contribution in [0.25, 0.3) is 10.8 Å². The van der Waals surface area contributed by atoms with Crippen molar-refractivity contribution in [2.24, 2.45) is 5.10 Å². The molecule has 24 heavy (non-hydrogen) atoms. The summed E-state index contributed by atoms with van der Waals surface area (Å²) in [6.07, 6.45) is 2.94. The van der Waals surface area contributed by atoms with Gasteiger partial charge in [0.15, 0.2) is 5.69 Å². The fraction of sp³-hybridized carbons (Fsp3) is 0.211. The number of H-pyrrole nitrogens is 1. The highest BCUT2D eigenvalue weighted by atomic mass is 16.2. The normalized spacial score (nSPS) is 14.0. The molecule has 1 aromatic heterocycles. The SMILES string of the molecule is CC(=NNC(=O)c1n[nH]c2c1CCC2)c1ccc2ccccc2c1. The Kier molecular flexibility index (Phi) is 3.61. The van der Waals surface area contributed by atoms with Gasteiger partial charge in [0, 0.05) is 11.3 Å². The number of nitrogens with zero attached hydrogens (tertiary/aromatic N) is 2. The first-order valence-electron chi connectivity index (χ1n) is 8.12. The fourth-order valence-electron chi connectivity index (χ4n) is 3.17. The van der Waals surface area contributed by atoms with E-state index in [0.717, 1.165) is 47.2 Å². The number of aryl methyl sites for hydroxylation is 1. The maximum Gasteiger partial charge on any atom is 0.292 e. The molecule has 1 aliphatic rings. The van der Waals surface area contributed by atoms with Crippen molar-refractivity contribution in [3.8, 4) is 0 Å². The Bertz CT molecular complexity index is 955. The smallest absolute Gasteiger partial charge is 0.281 e. The van der Waals surface area contributed by atoms with Gasteiger partial charge < -0.3 is 0 Å². The quantitative estimate of drug-likeness (QED) is 0.575. The average molecular weight is 318 g/mol. The molecule has 0 saturated heterocycles. The molecule has 4 rings (SSSR count). The first-order chi connectivity index (χ1) is 11.7. The molecule has 1 heterocycles. The van der Waals surface area contributed by atoms with Crippen molar-refractivity contribution in [1.29, 1.82) is 0 Å². The summed E-state index contributed by atoms with van der Waals surface area (Å²) in [7, 11) is 0. The van der Waals surface area contributed by atoms with Gasteiger partial charge in [0.05, 0.1) is 5.71 Å². The van der Waals surface area contributed by atoms with Crippen LogP contribution in [-0.2, 0) is 12.8 Å². The molecule has 0 atom stereocenters. The highest BCUT2D eigenvalue weighted by Crippen LogP contribution is 2.22.